The Morgan fingerprint density at radius 3 is 2.67 bits per heavy atom. The number of para-hydroxylation sites is 1. The first-order valence-corrected chi connectivity index (χ1v) is 9.05. The summed E-state index contributed by atoms with van der Waals surface area (Å²) in [4.78, 5) is 14.4. The van der Waals surface area contributed by atoms with Crippen LogP contribution in [0.5, 0.6) is 5.75 Å². The molecule has 0 bridgehead atoms. The smallest absolute Gasteiger partial charge is 0.242 e. The Labute approximate surface area is 167 Å². The van der Waals surface area contributed by atoms with Crippen LogP contribution in [0.1, 0.15) is 5.56 Å². The topological polar surface area (TPSA) is 63.1 Å². The van der Waals surface area contributed by atoms with Crippen molar-refractivity contribution in [3.63, 3.8) is 0 Å². The van der Waals surface area contributed by atoms with Crippen molar-refractivity contribution in [3.8, 4) is 17.1 Å². The van der Waals surface area contributed by atoms with Crippen LogP contribution < -0.4 is 4.74 Å². The zero-order valence-electron chi connectivity index (χ0n) is 15.0. The monoisotopic (exact) mass is 402 g/mol. The zero-order chi connectivity index (χ0) is 19.4. The summed E-state index contributed by atoms with van der Waals surface area (Å²) in [7, 11) is 3.37. The average Bonchev–Trinajstić information content (AvgIpc) is 3.03. The van der Waals surface area contributed by atoms with E-state index >= 15 is 0 Å². The Bertz CT molecular complexity index is 997. The predicted molar refractivity (Wildman–Crippen MR) is 107 cm³/mol. The largest absolute Gasteiger partial charge is 0.496 e. The molecule has 27 heavy (non-hydrogen) atoms. The van der Waals surface area contributed by atoms with Gasteiger partial charge in [0.1, 0.15) is 12.3 Å². The molecule has 1 heterocycles. The van der Waals surface area contributed by atoms with Crippen LogP contribution in [0.15, 0.2) is 48.5 Å². The van der Waals surface area contributed by atoms with Crippen LogP contribution in [-0.4, -0.2) is 39.7 Å². The Kier molecular flexibility index (Phi) is 5.93. The van der Waals surface area contributed by atoms with Gasteiger partial charge in [0.05, 0.1) is 7.11 Å². The van der Waals surface area contributed by atoms with Crippen LogP contribution in [0, 0.1) is 4.77 Å². The highest BCUT2D eigenvalue weighted by Gasteiger charge is 2.16. The number of carbonyl (C=O) groups excluding carboxylic acids is 1. The van der Waals surface area contributed by atoms with Gasteiger partial charge in [0.15, 0.2) is 10.6 Å². The van der Waals surface area contributed by atoms with Crippen LogP contribution >= 0.6 is 23.8 Å². The van der Waals surface area contributed by atoms with Crippen molar-refractivity contribution in [2.24, 2.45) is 0 Å². The van der Waals surface area contributed by atoms with E-state index in [1.165, 1.54) is 0 Å². The van der Waals surface area contributed by atoms with E-state index < -0.39 is 0 Å². The summed E-state index contributed by atoms with van der Waals surface area (Å²) in [6.45, 7) is 0.517. The molecule has 2 aromatic carbocycles. The summed E-state index contributed by atoms with van der Waals surface area (Å²) >= 11 is 11.2. The molecule has 0 saturated carbocycles. The second-order valence-corrected chi connectivity index (χ2v) is 6.83. The van der Waals surface area contributed by atoms with Gasteiger partial charge in [0.2, 0.25) is 5.91 Å². The van der Waals surface area contributed by atoms with Crippen molar-refractivity contribution >= 4 is 29.7 Å². The van der Waals surface area contributed by atoms with Crippen molar-refractivity contribution in [1.29, 1.82) is 0 Å². The van der Waals surface area contributed by atoms with E-state index in [9.17, 15) is 4.79 Å². The lowest BCUT2D eigenvalue weighted by Crippen LogP contribution is -2.30. The summed E-state index contributed by atoms with van der Waals surface area (Å²) in [6, 6.07) is 14.8. The molecule has 1 amide bonds. The maximum Gasteiger partial charge on any atom is 0.242 e. The van der Waals surface area contributed by atoms with Crippen LogP contribution in [0.25, 0.3) is 11.4 Å². The molecule has 1 N–H and O–H groups in total. The fourth-order valence-electron chi connectivity index (χ4n) is 2.72. The highest BCUT2D eigenvalue weighted by atomic mass is 35.5. The number of H-pyrrole nitrogens is 1. The highest BCUT2D eigenvalue weighted by Crippen LogP contribution is 2.21. The number of carbonyl (C=O) groups is 1. The standard InChI is InChI=1S/C19H19ClN4O2S/c1-23(11-14-5-3-4-6-16(14)26-2)17(25)12-24-18(21-22-19(24)27)13-7-9-15(20)10-8-13/h3-10H,11-12H2,1-2H3,(H,22,27). The van der Waals surface area contributed by atoms with E-state index in [0.29, 0.717) is 22.2 Å². The molecule has 0 atom stereocenters. The molecule has 0 spiro atoms. The van der Waals surface area contributed by atoms with Crippen molar-refractivity contribution in [2.45, 2.75) is 13.1 Å². The Balaban J connectivity index is 1.79. The van der Waals surface area contributed by atoms with Gasteiger partial charge in [-0.2, -0.15) is 5.10 Å². The number of nitrogens with one attached hydrogen (secondary N) is 1. The third kappa shape index (κ3) is 4.37. The molecular formula is C19H19ClN4O2S. The maximum absolute atomic E-state index is 12.8. The summed E-state index contributed by atoms with van der Waals surface area (Å²) < 4.78 is 7.42. The Morgan fingerprint density at radius 2 is 1.96 bits per heavy atom. The fraction of sp³-hybridized carbons (Fsp3) is 0.211. The minimum Gasteiger partial charge on any atom is -0.496 e. The van der Waals surface area contributed by atoms with Gasteiger partial charge < -0.3 is 9.64 Å². The van der Waals surface area contributed by atoms with Crippen LogP contribution in [-0.2, 0) is 17.9 Å². The molecule has 1 aromatic heterocycles. The normalized spacial score (nSPS) is 10.6. The van der Waals surface area contributed by atoms with Crippen LogP contribution in [0.3, 0.4) is 0 Å². The Morgan fingerprint density at radius 1 is 1.26 bits per heavy atom. The SMILES string of the molecule is COc1ccccc1CN(C)C(=O)Cn1c(-c2ccc(Cl)cc2)n[nH]c1=S. The molecule has 140 valence electrons. The van der Waals surface area contributed by atoms with E-state index in [0.717, 1.165) is 16.9 Å². The molecule has 6 nitrogen and oxygen atoms in total. The molecule has 0 saturated heterocycles. The van der Waals surface area contributed by atoms with Gasteiger partial charge in [-0.25, -0.2) is 0 Å². The third-order valence-corrected chi connectivity index (χ3v) is 4.74. The van der Waals surface area contributed by atoms with E-state index in [1.807, 2.05) is 36.4 Å². The molecule has 0 aliphatic heterocycles. The van der Waals surface area contributed by atoms with Gasteiger partial charge in [0.25, 0.3) is 0 Å². The lowest BCUT2D eigenvalue weighted by molar-refractivity contribution is -0.131. The highest BCUT2D eigenvalue weighted by molar-refractivity contribution is 7.71. The number of rotatable bonds is 6. The second kappa shape index (κ2) is 8.37. The molecule has 3 rings (SSSR count). The van der Waals surface area contributed by atoms with Gasteiger partial charge in [-0.3, -0.25) is 14.5 Å². The van der Waals surface area contributed by atoms with Gasteiger partial charge in [-0.1, -0.05) is 29.8 Å². The van der Waals surface area contributed by atoms with Crippen LogP contribution in [0.2, 0.25) is 5.02 Å². The molecule has 0 fully saturated rings. The molecule has 0 aliphatic carbocycles. The first-order valence-electron chi connectivity index (χ1n) is 8.26. The molecule has 3 aromatic rings. The summed E-state index contributed by atoms with van der Waals surface area (Å²) in [6.07, 6.45) is 0. The van der Waals surface area contributed by atoms with Gasteiger partial charge in [-0.15, -0.1) is 0 Å². The number of benzene rings is 2. The molecule has 0 radical (unpaired) electrons. The summed E-state index contributed by atoms with van der Waals surface area (Å²) in [5, 5.41) is 7.64. The third-order valence-electron chi connectivity index (χ3n) is 4.18. The van der Waals surface area contributed by atoms with Crippen molar-refractivity contribution in [2.75, 3.05) is 14.2 Å². The maximum atomic E-state index is 12.8. The average molecular weight is 403 g/mol. The number of likely N-dealkylation sites (N-methyl/N-ethyl adjacent to an activating group) is 1. The van der Waals surface area contributed by atoms with E-state index in [2.05, 4.69) is 10.2 Å². The molecular weight excluding hydrogens is 384 g/mol. The minimum atomic E-state index is -0.0892. The lowest BCUT2D eigenvalue weighted by Gasteiger charge is -2.19. The van der Waals surface area contributed by atoms with Gasteiger partial charge in [-0.05, 0) is 42.5 Å². The number of nitrogens with zero attached hydrogens (tertiary/aromatic N) is 3. The minimum absolute atomic E-state index is 0.0823. The first kappa shape index (κ1) is 19.1. The molecule has 8 heteroatoms. The van der Waals surface area contributed by atoms with Gasteiger partial charge >= 0.3 is 0 Å². The number of hydrogen-bond donors (Lipinski definition) is 1. The second-order valence-electron chi connectivity index (χ2n) is 6.01. The number of aromatic amines is 1. The molecule has 0 unspecified atom stereocenters. The van der Waals surface area contributed by atoms with Crippen molar-refractivity contribution in [3.05, 3.63) is 63.9 Å². The predicted octanol–water partition coefficient (Wildman–Crippen LogP) is 3.93. The van der Waals surface area contributed by atoms with Crippen LogP contribution in [0.4, 0.5) is 0 Å². The number of methoxy groups -OCH3 is 1. The number of amides is 1. The van der Waals surface area contributed by atoms with Gasteiger partial charge in [0, 0.05) is 29.7 Å². The quantitative estimate of drug-likeness (QED) is 0.634. The number of aromatic nitrogens is 3. The van der Waals surface area contributed by atoms with E-state index in [4.69, 9.17) is 28.6 Å². The number of halogens is 1. The molecule has 0 aliphatic rings. The van der Waals surface area contributed by atoms with E-state index in [1.54, 1.807) is 35.8 Å². The summed E-state index contributed by atoms with van der Waals surface area (Å²) in [5.41, 5.74) is 1.76. The van der Waals surface area contributed by atoms with E-state index in [-0.39, 0.29) is 12.5 Å². The van der Waals surface area contributed by atoms with Crippen molar-refractivity contribution in [1.82, 2.24) is 19.7 Å². The fourth-order valence-corrected chi connectivity index (χ4v) is 3.04. The Hall–Kier alpha value is -2.64. The number of hydrogen-bond acceptors (Lipinski definition) is 4. The summed E-state index contributed by atoms with van der Waals surface area (Å²) in [5.74, 6) is 1.25. The lowest BCUT2D eigenvalue weighted by atomic mass is 10.2. The number of ether oxygens (including phenoxy) is 1. The van der Waals surface area contributed by atoms with Crippen molar-refractivity contribution < 1.29 is 9.53 Å². The first-order chi connectivity index (χ1) is 13.0. The zero-order valence-corrected chi connectivity index (χ0v) is 16.5.